The number of hydrogen-bond acceptors (Lipinski definition) is 6. The third-order valence-corrected chi connectivity index (χ3v) is 7.12. The average molecular weight is 462 g/mol. The summed E-state index contributed by atoms with van der Waals surface area (Å²) < 4.78 is 7.07. The Kier molecular flexibility index (Phi) is 6.00. The topological polar surface area (TPSA) is 71.8 Å². The van der Waals surface area contributed by atoms with Crippen LogP contribution in [0.15, 0.2) is 54.7 Å². The zero-order chi connectivity index (χ0) is 22.8. The van der Waals surface area contributed by atoms with E-state index in [-0.39, 0.29) is 11.8 Å². The second-order valence-electron chi connectivity index (χ2n) is 8.25. The number of ether oxygens (including phenoxy) is 1. The van der Waals surface area contributed by atoms with Crippen molar-refractivity contribution in [2.75, 3.05) is 30.4 Å². The Morgan fingerprint density at radius 2 is 2.03 bits per heavy atom. The fourth-order valence-electron chi connectivity index (χ4n) is 4.27. The molecule has 1 fully saturated rings. The highest BCUT2D eigenvalue weighted by Crippen LogP contribution is 2.30. The van der Waals surface area contributed by atoms with Gasteiger partial charge in [0.25, 0.3) is 0 Å². The van der Waals surface area contributed by atoms with Crippen LogP contribution in [-0.2, 0) is 11.2 Å². The van der Waals surface area contributed by atoms with Crippen LogP contribution in [0.3, 0.4) is 0 Å². The lowest BCUT2D eigenvalue weighted by Gasteiger charge is -2.31. The quantitative estimate of drug-likeness (QED) is 0.443. The predicted octanol–water partition coefficient (Wildman–Crippen LogP) is 4.88. The minimum Gasteiger partial charge on any atom is -0.497 e. The Morgan fingerprint density at radius 3 is 2.79 bits per heavy atom. The van der Waals surface area contributed by atoms with E-state index in [4.69, 9.17) is 14.8 Å². The number of amides is 1. The maximum absolute atomic E-state index is 13.0. The average Bonchev–Trinajstić information content (AvgIpc) is 3.44. The van der Waals surface area contributed by atoms with Crippen molar-refractivity contribution >= 4 is 33.0 Å². The number of fused-ring (bicyclic) bond motifs is 1. The first-order valence-electron chi connectivity index (χ1n) is 11.3. The minimum atomic E-state index is -0.0604. The molecular weight excluding hydrogens is 434 g/mol. The molecule has 5 rings (SSSR count). The van der Waals surface area contributed by atoms with Crippen LogP contribution in [0.4, 0.5) is 10.8 Å². The van der Waals surface area contributed by atoms with E-state index in [0.29, 0.717) is 6.54 Å². The van der Waals surface area contributed by atoms with E-state index in [9.17, 15) is 4.79 Å². The highest BCUT2D eigenvalue weighted by Gasteiger charge is 2.28. The summed E-state index contributed by atoms with van der Waals surface area (Å²) in [5, 5.41) is 8.82. The molecular formula is C25H27N5O2S. The van der Waals surface area contributed by atoms with Gasteiger partial charge < -0.3 is 15.0 Å². The second-order valence-corrected chi connectivity index (χ2v) is 9.19. The zero-order valence-corrected chi connectivity index (χ0v) is 19.6. The lowest BCUT2D eigenvalue weighted by molar-refractivity contribution is -0.120. The second kappa shape index (κ2) is 9.23. The van der Waals surface area contributed by atoms with Crippen molar-refractivity contribution in [2.45, 2.75) is 26.2 Å². The summed E-state index contributed by atoms with van der Waals surface area (Å²) in [6.07, 6.45) is 4.70. The maximum atomic E-state index is 13.0. The number of hydrogen-bond donors (Lipinski definition) is 1. The molecule has 0 saturated carbocycles. The molecule has 33 heavy (non-hydrogen) atoms. The molecule has 1 amide bonds. The number of aromatic nitrogens is 3. The van der Waals surface area contributed by atoms with Gasteiger partial charge in [0.2, 0.25) is 16.0 Å². The first-order valence-corrected chi connectivity index (χ1v) is 12.1. The Morgan fingerprint density at radius 1 is 1.21 bits per heavy atom. The van der Waals surface area contributed by atoms with Gasteiger partial charge in [-0.05, 0) is 55.2 Å². The fourth-order valence-corrected chi connectivity index (χ4v) is 5.19. The first-order chi connectivity index (χ1) is 16.1. The van der Waals surface area contributed by atoms with E-state index in [1.807, 2.05) is 53.2 Å². The molecule has 1 aliphatic heterocycles. The molecule has 3 heterocycles. The number of imidazole rings is 1. The third kappa shape index (κ3) is 4.43. The first kappa shape index (κ1) is 21.5. The van der Waals surface area contributed by atoms with E-state index >= 15 is 0 Å². The summed E-state index contributed by atoms with van der Waals surface area (Å²) >= 11 is 1.56. The molecule has 0 aliphatic carbocycles. The Hall–Kier alpha value is -3.39. The largest absolute Gasteiger partial charge is 0.497 e. The SMILES string of the molecule is CCc1ccccc1NC(=O)C1CCCN(c2nn3cc(-c4ccc(OC)cc4)nc3s2)C1. The third-order valence-electron chi connectivity index (χ3n) is 6.14. The molecule has 1 saturated heterocycles. The van der Waals surface area contributed by atoms with E-state index in [1.165, 1.54) is 0 Å². The minimum absolute atomic E-state index is 0.0604. The van der Waals surface area contributed by atoms with Crippen molar-refractivity contribution in [1.82, 2.24) is 14.6 Å². The monoisotopic (exact) mass is 461 g/mol. The summed E-state index contributed by atoms with van der Waals surface area (Å²) in [7, 11) is 1.66. The summed E-state index contributed by atoms with van der Waals surface area (Å²) in [4.78, 5) is 20.8. The number of para-hydroxylation sites is 1. The van der Waals surface area contributed by atoms with Crippen LogP contribution in [0, 0.1) is 5.92 Å². The van der Waals surface area contributed by atoms with Crippen molar-refractivity contribution in [2.24, 2.45) is 5.92 Å². The Bertz CT molecular complexity index is 1230. The van der Waals surface area contributed by atoms with Gasteiger partial charge in [-0.3, -0.25) is 4.79 Å². The van der Waals surface area contributed by atoms with Gasteiger partial charge in [0, 0.05) is 24.3 Å². The van der Waals surface area contributed by atoms with Crippen LogP contribution >= 0.6 is 11.3 Å². The summed E-state index contributed by atoms with van der Waals surface area (Å²) in [5.74, 6) is 0.848. The van der Waals surface area contributed by atoms with Crippen LogP contribution in [-0.4, -0.2) is 40.7 Å². The van der Waals surface area contributed by atoms with Gasteiger partial charge in [0.15, 0.2) is 0 Å². The molecule has 1 N–H and O–H groups in total. The summed E-state index contributed by atoms with van der Waals surface area (Å²) in [5.41, 5.74) is 3.98. The molecule has 4 aromatic rings. The number of benzene rings is 2. The Labute approximate surface area is 197 Å². The van der Waals surface area contributed by atoms with Gasteiger partial charge in [-0.2, -0.15) is 0 Å². The van der Waals surface area contributed by atoms with Crippen LogP contribution in [0.5, 0.6) is 5.75 Å². The number of nitrogens with one attached hydrogen (secondary N) is 1. The molecule has 0 bridgehead atoms. The molecule has 1 unspecified atom stereocenters. The lowest BCUT2D eigenvalue weighted by Crippen LogP contribution is -2.40. The van der Waals surface area contributed by atoms with Crippen LogP contribution in [0.2, 0.25) is 0 Å². The highest BCUT2D eigenvalue weighted by atomic mass is 32.1. The van der Waals surface area contributed by atoms with Gasteiger partial charge in [-0.15, -0.1) is 5.10 Å². The van der Waals surface area contributed by atoms with E-state index in [2.05, 4.69) is 23.2 Å². The lowest BCUT2D eigenvalue weighted by atomic mass is 9.97. The molecule has 170 valence electrons. The molecule has 8 heteroatoms. The molecule has 1 aliphatic rings. The van der Waals surface area contributed by atoms with Crippen LogP contribution in [0.1, 0.15) is 25.3 Å². The standard InChI is InChI=1S/C25H27N5O2S/c1-3-17-7-4-5-9-21(17)26-23(31)19-8-6-14-29(15-19)25-28-30-16-22(27-24(30)33-25)18-10-12-20(32-2)13-11-18/h4-5,7,9-13,16,19H,3,6,8,14-15H2,1-2H3,(H,26,31). The van der Waals surface area contributed by atoms with E-state index in [0.717, 1.165) is 64.2 Å². The number of carbonyl (C=O) groups is 1. The maximum Gasteiger partial charge on any atom is 0.229 e. The Balaban J connectivity index is 1.29. The van der Waals surface area contributed by atoms with Gasteiger partial charge in [0.05, 0.1) is 24.9 Å². The van der Waals surface area contributed by atoms with Gasteiger partial charge >= 0.3 is 0 Å². The normalized spacial score (nSPS) is 16.2. The summed E-state index contributed by atoms with van der Waals surface area (Å²) in [6, 6.07) is 15.9. The van der Waals surface area contributed by atoms with Crippen LogP contribution < -0.4 is 15.0 Å². The smallest absolute Gasteiger partial charge is 0.229 e. The highest BCUT2D eigenvalue weighted by molar-refractivity contribution is 7.20. The number of methoxy groups -OCH3 is 1. The molecule has 7 nitrogen and oxygen atoms in total. The molecule has 2 aromatic carbocycles. The van der Waals surface area contributed by atoms with E-state index in [1.54, 1.807) is 18.4 Å². The van der Waals surface area contributed by atoms with Crippen molar-refractivity contribution in [3.05, 3.63) is 60.3 Å². The zero-order valence-electron chi connectivity index (χ0n) is 18.8. The molecule has 2 aromatic heterocycles. The van der Waals surface area contributed by atoms with E-state index < -0.39 is 0 Å². The van der Waals surface area contributed by atoms with Crippen molar-refractivity contribution in [1.29, 1.82) is 0 Å². The number of aryl methyl sites for hydroxylation is 1. The summed E-state index contributed by atoms with van der Waals surface area (Å²) in [6.45, 7) is 3.67. The van der Waals surface area contributed by atoms with Gasteiger partial charge in [-0.1, -0.05) is 36.5 Å². The van der Waals surface area contributed by atoms with Crippen molar-refractivity contribution in [3.63, 3.8) is 0 Å². The number of nitrogens with zero attached hydrogens (tertiary/aromatic N) is 4. The molecule has 0 spiro atoms. The number of rotatable bonds is 6. The predicted molar refractivity (Wildman–Crippen MR) is 132 cm³/mol. The van der Waals surface area contributed by atoms with Gasteiger partial charge in [-0.25, -0.2) is 9.50 Å². The molecule has 0 radical (unpaired) electrons. The number of piperidine rings is 1. The molecule has 1 atom stereocenters. The van der Waals surface area contributed by atoms with Crippen molar-refractivity contribution < 1.29 is 9.53 Å². The van der Waals surface area contributed by atoms with Gasteiger partial charge in [0.1, 0.15) is 5.75 Å². The number of carbonyl (C=O) groups excluding carboxylic acids is 1. The fraction of sp³-hybridized carbons (Fsp3) is 0.320. The van der Waals surface area contributed by atoms with Crippen molar-refractivity contribution in [3.8, 4) is 17.0 Å². The number of anilines is 2. The van der Waals surface area contributed by atoms with Crippen LogP contribution in [0.25, 0.3) is 16.2 Å².